The van der Waals surface area contributed by atoms with Crippen molar-refractivity contribution >= 4 is 28.3 Å². The van der Waals surface area contributed by atoms with Crippen LogP contribution in [0.2, 0.25) is 0 Å². The lowest BCUT2D eigenvalue weighted by atomic mass is 10.1. The molecule has 0 bridgehead atoms. The van der Waals surface area contributed by atoms with Crippen LogP contribution in [0.4, 0.5) is 5.69 Å². The minimum atomic E-state index is -0.396. The molecule has 1 heterocycles. The number of nitrogens with zero attached hydrogens (tertiary/aromatic N) is 2. The molecule has 2 amide bonds. The predicted octanol–water partition coefficient (Wildman–Crippen LogP) is 4.05. The lowest BCUT2D eigenvalue weighted by Crippen LogP contribution is -2.42. The maximum Gasteiger partial charge on any atom is 0.274 e. The van der Waals surface area contributed by atoms with Crippen molar-refractivity contribution in [2.24, 2.45) is 7.05 Å². The van der Waals surface area contributed by atoms with E-state index in [1.807, 2.05) is 58.0 Å². The third-order valence-corrected chi connectivity index (χ3v) is 5.04. The van der Waals surface area contributed by atoms with Crippen LogP contribution in [0.3, 0.4) is 0 Å². The van der Waals surface area contributed by atoms with Gasteiger partial charge in [-0.3, -0.25) is 14.4 Å². The summed E-state index contributed by atoms with van der Waals surface area (Å²) in [5.41, 5.74) is 0.502. The average molecular weight is 405 g/mol. The first-order valence-electron chi connectivity index (χ1n) is 10.0. The lowest BCUT2D eigenvalue weighted by Gasteiger charge is -2.31. The van der Waals surface area contributed by atoms with Crippen molar-refractivity contribution in [3.05, 3.63) is 76.2 Å². The van der Waals surface area contributed by atoms with Gasteiger partial charge in [-0.1, -0.05) is 30.3 Å². The van der Waals surface area contributed by atoms with E-state index in [9.17, 15) is 14.4 Å². The highest BCUT2D eigenvalue weighted by Gasteiger charge is 2.23. The van der Waals surface area contributed by atoms with Gasteiger partial charge in [0.15, 0.2) is 0 Å². The highest BCUT2D eigenvalue weighted by atomic mass is 16.2. The van der Waals surface area contributed by atoms with E-state index in [0.29, 0.717) is 11.1 Å². The van der Waals surface area contributed by atoms with Crippen LogP contribution in [0.25, 0.3) is 10.8 Å². The standard InChI is InChI=1S/C24H27N3O3/c1-15(2)27(16(3)4)23(29)20-13-21(24(30)26(5)14-20)25-22(28)19-11-10-17-8-6-7-9-18(17)12-19/h6-16H,1-5H3,(H,25,28). The topological polar surface area (TPSA) is 71.4 Å². The van der Waals surface area contributed by atoms with Gasteiger partial charge in [0.2, 0.25) is 0 Å². The Kier molecular flexibility index (Phi) is 6.06. The Morgan fingerprint density at radius 1 is 0.900 bits per heavy atom. The van der Waals surface area contributed by atoms with Crippen molar-refractivity contribution in [2.45, 2.75) is 39.8 Å². The molecule has 0 aliphatic carbocycles. The van der Waals surface area contributed by atoms with Gasteiger partial charge in [-0.25, -0.2) is 0 Å². The number of anilines is 1. The summed E-state index contributed by atoms with van der Waals surface area (Å²) in [6.45, 7) is 7.79. The smallest absolute Gasteiger partial charge is 0.274 e. The average Bonchev–Trinajstić information content (AvgIpc) is 2.70. The van der Waals surface area contributed by atoms with Crippen molar-refractivity contribution in [3.63, 3.8) is 0 Å². The maximum absolute atomic E-state index is 13.0. The number of amides is 2. The number of aryl methyl sites for hydroxylation is 1. The number of nitrogens with one attached hydrogen (secondary N) is 1. The highest BCUT2D eigenvalue weighted by molar-refractivity contribution is 6.07. The second-order valence-corrected chi connectivity index (χ2v) is 7.97. The fourth-order valence-corrected chi connectivity index (χ4v) is 3.66. The molecule has 1 N–H and O–H groups in total. The van der Waals surface area contributed by atoms with Crippen LogP contribution in [0.1, 0.15) is 48.4 Å². The lowest BCUT2D eigenvalue weighted by molar-refractivity contribution is 0.0642. The molecule has 156 valence electrons. The van der Waals surface area contributed by atoms with Crippen LogP contribution in [0, 0.1) is 0 Å². The zero-order valence-electron chi connectivity index (χ0n) is 18.0. The number of hydrogen-bond donors (Lipinski definition) is 1. The molecule has 0 radical (unpaired) electrons. The molecular formula is C24H27N3O3. The predicted molar refractivity (Wildman–Crippen MR) is 120 cm³/mol. The third kappa shape index (κ3) is 4.27. The Hall–Kier alpha value is -3.41. The molecule has 0 saturated carbocycles. The number of hydrogen-bond acceptors (Lipinski definition) is 3. The molecule has 0 saturated heterocycles. The van der Waals surface area contributed by atoms with Crippen LogP contribution in [-0.4, -0.2) is 33.4 Å². The van der Waals surface area contributed by atoms with Crippen molar-refractivity contribution in [1.29, 1.82) is 0 Å². The zero-order chi connectivity index (χ0) is 22.0. The molecule has 1 aromatic heterocycles. The van der Waals surface area contributed by atoms with Crippen LogP contribution in [0.5, 0.6) is 0 Å². The van der Waals surface area contributed by atoms with E-state index >= 15 is 0 Å². The maximum atomic E-state index is 13.0. The molecule has 3 rings (SSSR count). The van der Waals surface area contributed by atoms with Crippen molar-refractivity contribution < 1.29 is 9.59 Å². The van der Waals surface area contributed by atoms with E-state index in [2.05, 4.69) is 5.32 Å². The Balaban J connectivity index is 1.94. The summed E-state index contributed by atoms with van der Waals surface area (Å²) in [7, 11) is 1.57. The summed E-state index contributed by atoms with van der Waals surface area (Å²) in [5, 5.41) is 4.65. The molecule has 0 unspecified atom stereocenters. The quantitative estimate of drug-likeness (QED) is 0.696. The Morgan fingerprint density at radius 2 is 1.53 bits per heavy atom. The van der Waals surface area contributed by atoms with E-state index in [0.717, 1.165) is 10.8 Å². The molecule has 6 heteroatoms. The largest absolute Gasteiger partial charge is 0.334 e. The van der Waals surface area contributed by atoms with Crippen molar-refractivity contribution in [1.82, 2.24) is 9.47 Å². The molecule has 0 spiro atoms. The summed E-state index contributed by atoms with van der Waals surface area (Å²) in [5.74, 6) is -0.580. The van der Waals surface area contributed by atoms with E-state index in [4.69, 9.17) is 0 Å². The number of rotatable bonds is 5. The van der Waals surface area contributed by atoms with E-state index in [1.54, 1.807) is 24.1 Å². The Labute approximate surface area is 176 Å². The Bertz CT molecular complexity index is 1150. The fourth-order valence-electron chi connectivity index (χ4n) is 3.66. The molecule has 0 aliphatic rings. The first-order valence-corrected chi connectivity index (χ1v) is 10.0. The van der Waals surface area contributed by atoms with Gasteiger partial charge in [0.05, 0.1) is 5.56 Å². The number of carbonyl (C=O) groups is 2. The van der Waals surface area contributed by atoms with Crippen molar-refractivity contribution in [2.75, 3.05) is 5.32 Å². The van der Waals surface area contributed by atoms with Crippen LogP contribution in [-0.2, 0) is 7.05 Å². The molecule has 0 atom stereocenters. The fraction of sp³-hybridized carbons (Fsp3) is 0.292. The molecule has 3 aromatic rings. The minimum Gasteiger partial charge on any atom is -0.334 e. The molecule has 0 aliphatic heterocycles. The molecule has 6 nitrogen and oxygen atoms in total. The number of fused-ring (bicyclic) bond motifs is 1. The summed E-state index contributed by atoms with van der Waals surface area (Å²) in [6, 6.07) is 14.6. The monoisotopic (exact) mass is 405 g/mol. The summed E-state index contributed by atoms with van der Waals surface area (Å²) >= 11 is 0. The molecule has 0 fully saturated rings. The molecular weight excluding hydrogens is 378 g/mol. The minimum absolute atomic E-state index is 0.00498. The molecule has 2 aromatic carbocycles. The summed E-state index contributed by atoms with van der Waals surface area (Å²) in [4.78, 5) is 40.2. The van der Waals surface area contributed by atoms with Gasteiger partial charge in [0.25, 0.3) is 17.4 Å². The van der Waals surface area contributed by atoms with Gasteiger partial charge in [-0.05, 0) is 56.7 Å². The number of benzene rings is 2. The first kappa shape index (κ1) is 21.3. The normalized spacial score (nSPS) is 11.2. The summed E-state index contributed by atoms with van der Waals surface area (Å²) in [6.07, 6.45) is 1.51. The third-order valence-electron chi connectivity index (χ3n) is 5.04. The molecule has 30 heavy (non-hydrogen) atoms. The van der Waals surface area contributed by atoms with Gasteiger partial charge < -0.3 is 14.8 Å². The van der Waals surface area contributed by atoms with Crippen LogP contribution >= 0.6 is 0 Å². The second kappa shape index (κ2) is 8.53. The van der Waals surface area contributed by atoms with Gasteiger partial charge in [-0.2, -0.15) is 0 Å². The number of aromatic nitrogens is 1. The van der Waals surface area contributed by atoms with Gasteiger partial charge in [0.1, 0.15) is 5.69 Å². The zero-order valence-corrected chi connectivity index (χ0v) is 18.0. The van der Waals surface area contributed by atoms with E-state index < -0.39 is 5.91 Å². The SMILES string of the molecule is CC(C)N(C(=O)c1cc(NC(=O)c2ccc3ccccc3c2)c(=O)n(C)c1)C(C)C. The van der Waals surface area contributed by atoms with E-state index in [-0.39, 0.29) is 29.2 Å². The van der Waals surface area contributed by atoms with Crippen LogP contribution in [0.15, 0.2) is 59.5 Å². The second-order valence-electron chi connectivity index (χ2n) is 7.97. The van der Waals surface area contributed by atoms with Gasteiger partial charge in [-0.15, -0.1) is 0 Å². The number of pyridine rings is 1. The van der Waals surface area contributed by atoms with Gasteiger partial charge >= 0.3 is 0 Å². The van der Waals surface area contributed by atoms with Crippen molar-refractivity contribution in [3.8, 4) is 0 Å². The highest BCUT2D eigenvalue weighted by Crippen LogP contribution is 2.18. The first-order chi connectivity index (χ1) is 14.2. The summed E-state index contributed by atoms with van der Waals surface area (Å²) < 4.78 is 1.32. The number of carbonyl (C=O) groups excluding carboxylic acids is 2. The van der Waals surface area contributed by atoms with Gasteiger partial charge in [0, 0.05) is 30.9 Å². The van der Waals surface area contributed by atoms with Crippen LogP contribution < -0.4 is 10.9 Å². The van der Waals surface area contributed by atoms with E-state index in [1.165, 1.54) is 16.8 Å². The Morgan fingerprint density at radius 3 is 2.17 bits per heavy atom.